The van der Waals surface area contributed by atoms with E-state index in [1.807, 2.05) is 22.4 Å². The predicted molar refractivity (Wildman–Crippen MR) is 124 cm³/mol. The monoisotopic (exact) mass is 448 g/mol. The minimum absolute atomic E-state index is 0.0209. The third-order valence-corrected chi connectivity index (χ3v) is 6.92. The third-order valence-electron chi connectivity index (χ3n) is 6.02. The van der Waals surface area contributed by atoms with Gasteiger partial charge in [-0.3, -0.25) is 9.59 Å². The normalized spacial score (nSPS) is 15.6. The highest BCUT2D eigenvalue weighted by Crippen LogP contribution is 2.35. The highest BCUT2D eigenvalue weighted by atomic mass is 32.1. The lowest BCUT2D eigenvalue weighted by molar-refractivity contribution is -0.121. The number of carbonyl (C=O) groups is 2. The van der Waals surface area contributed by atoms with E-state index in [-0.39, 0.29) is 24.5 Å². The van der Waals surface area contributed by atoms with Gasteiger partial charge in [0.05, 0.1) is 4.88 Å². The second-order valence-corrected chi connectivity index (χ2v) is 9.07. The molecule has 0 aliphatic carbocycles. The van der Waals surface area contributed by atoms with E-state index >= 15 is 0 Å². The van der Waals surface area contributed by atoms with Crippen LogP contribution in [0.5, 0.6) is 11.5 Å². The molecular formula is C25H24N2O4S. The number of nitrogens with one attached hydrogen (secondary N) is 1. The number of aryl methyl sites for hydroxylation is 1. The van der Waals surface area contributed by atoms with Gasteiger partial charge in [0, 0.05) is 36.3 Å². The first-order valence-electron chi connectivity index (χ1n) is 10.7. The van der Waals surface area contributed by atoms with Crippen LogP contribution in [0.4, 0.5) is 5.69 Å². The SMILES string of the molecule is Cc1ccc(-c2ccsc2C(=O)N2CCC(C(=O)Nc3ccc4c(c3)OCO4)CC2)cc1. The molecule has 3 heterocycles. The first-order chi connectivity index (χ1) is 15.6. The molecule has 1 N–H and O–H groups in total. The van der Waals surface area contributed by atoms with Crippen molar-refractivity contribution in [2.45, 2.75) is 19.8 Å². The lowest BCUT2D eigenvalue weighted by Crippen LogP contribution is -2.41. The van der Waals surface area contributed by atoms with Crippen molar-refractivity contribution in [3.05, 3.63) is 64.4 Å². The fourth-order valence-corrected chi connectivity index (χ4v) is 5.03. The smallest absolute Gasteiger partial charge is 0.264 e. The van der Waals surface area contributed by atoms with Crippen molar-refractivity contribution in [2.24, 2.45) is 5.92 Å². The quantitative estimate of drug-likeness (QED) is 0.614. The molecule has 7 heteroatoms. The molecule has 32 heavy (non-hydrogen) atoms. The van der Waals surface area contributed by atoms with Crippen molar-refractivity contribution in [1.82, 2.24) is 4.90 Å². The fourth-order valence-electron chi connectivity index (χ4n) is 4.14. The maximum Gasteiger partial charge on any atom is 0.264 e. The zero-order valence-electron chi connectivity index (χ0n) is 17.8. The number of nitrogens with zero attached hydrogens (tertiary/aromatic N) is 1. The van der Waals surface area contributed by atoms with Gasteiger partial charge in [-0.1, -0.05) is 29.8 Å². The van der Waals surface area contributed by atoms with E-state index in [4.69, 9.17) is 9.47 Å². The van der Waals surface area contributed by atoms with Crippen molar-refractivity contribution >= 4 is 28.8 Å². The summed E-state index contributed by atoms with van der Waals surface area (Å²) in [6.07, 6.45) is 1.29. The van der Waals surface area contributed by atoms with Crippen molar-refractivity contribution < 1.29 is 19.1 Å². The molecule has 0 radical (unpaired) electrons. The first kappa shape index (κ1) is 20.6. The van der Waals surface area contributed by atoms with Crippen LogP contribution in [0.25, 0.3) is 11.1 Å². The van der Waals surface area contributed by atoms with Gasteiger partial charge in [-0.2, -0.15) is 0 Å². The molecule has 2 amide bonds. The number of ether oxygens (including phenoxy) is 2. The number of piperidine rings is 1. The molecule has 0 unspecified atom stereocenters. The van der Waals surface area contributed by atoms with Gasteiger partial charge >= 0.3 is 0 Å². The van der Waals surface area contributed by atoms with Crippen LogP contribution in [0.3, 0.4) is 0 Å². The second kappa shape index (κ2) is 8.67. The van der Waals surface area contributed by atoms with Gasteiger partial charge in [0.25, 0.3) is 5.91 Å². The number of carbonyl (C=O) groups excluding carboxylic acids is 2. The zero-order valence-corrected chi connectivity index (χ0v) is 18.6. The Morgan fingerprint density at radius 3 is 2.53 bits per heavy atom. The van der Waals surface area contributed by atoms with E-state index < -0.39 is 0 Å². The van der Waals surface area contributed by atoms with Gasteiger partial charge in [0.2, 0.25) is 12.7 Å². The maximum atomic E-state index is 13.2. The molecule has 5 rings (SSSR count). The van der Waals surface area contributed by atoms with Crippen molar-refractivity contribution in [3.63, 3.8) is 0 Å². The zero-order chi connectivity index (χ0) is 22.1. The highest BCUT2D eigenvalue weighted by molar-refractivity contribution is 7.12. The van der Waals surface area contributed by atoms with E-state index in [1.165, 1.54) is 16.9 Å². The molecule has 1 fully saturated rings. The highest BCUT2D eigenvalue weighted by Gasteiger charge is 2.29. The molecule has 1 aromatic heterocycles. The molecule has 0 atom stereocenters. The summed E-state index contributed by atoms with van der Waals surface area (Å²) in [5, 5.41) is 4.94. The molecule has 0 saturated carbocycles. The lowest BCUT2D eigenvalue weighted by atomic mass is 9.95. The number of amides is 2. The number of benzene rings is 2. The Labute approximate surface area is 190 Å². The minimum atomic E-state index is -0.121. The first-order valence-corrected chi connectivity index (χ1v) is 11.6. The molecule has 0 bridgehead atoms. The van der Waals surface area contributed by atoms with Gasteiger partial charge in [0.15, 0.2) is 11.5 Å². The Kier molecular flexibility index (Phi) is 5.57. The molecule has 2 aliphatic heterocycles. The summed E-state index contributed by atoms with van der Waals surface area (Å²) >= 11 is 1.48. The van der Waals surface area contributed by atoms with Gasteiger partial charge in [-0.05, 0) is 48.9 Å². The summed E-state index contributed by atoms with van der Waals surface area (Å²) in [5.41, 5.74) is 3.91. The van der Waals surface area contributed by atoms with Crippen molar-refractivity contribution in [3.8, 4) is 22.6 Å². The Bertz CT molecular complexity index is 1150. The van der Waals surface area contributed by atoms with E-state index in [9.17, 15) is 9.59 Å². The number of likely N-dealkylation sites (tertiary alicyclic amines) is 1. The molecular weight excluding hydrogens is 424 g/mol. The van der Waals surface area contributed by atoms with Crippen molar-refractivity contribution in [1.29, 1.82) is 0 Å². The van der Waals surface area contributed by atoms with Gasteiger partial charge in [-0.25, -0.2) is 0 Å². The van der Waals surface area contributed by atoms with Crippen LogP contribution in [0.1, 0.15) is 28.1 Å². The number of hydrogen-bond acceptors (Lipinski definition) is 5. The summed E-state index contributed by atoms with van der Waals surface area (Å²) < 4.78 is 10.7. The Hall–Kier alpha value is -3.32. The van der Waals surface area contributed by atoms with Crippen LogP contribution in [0.2, 0.25) is 0 Å². The average Bonchev–Trinajstić information content (AvgIpc) is 3.48. The fraction of sp³-hybridized carbons (Fsp3) is 0.280. The van der Waals surface area contributed by atoms with Crippen LogP contribution in [-0.2, 0) is 4.79 Å². The van der Waals surface area contributed by atoms with Crippen molar-refractivity contribution in [2.75, 3.05) is 25.2 Å². The number of hydrogen-bond donors (Lipinski definition) is 1. The predicted octanol–water partition coefficient (Wildman–Crippen LogP) is 4.94. The largest absolute Gasteiger partial charge is 0.454 e. The molecule has 6 nitrogen and oxygen atoms in total. The molecule has 1 saturated heterocycles. The maximum absolute atomic E-state index is 13.2. The Morgan fingerprint density at radius 1 is 1.00 bits per heavy atom. The summed E-state index contributed by atoms with van der Waals surface area (Å²) in [5.74, 6) is 1.24. The lowest BCUT2D eigenvalue weighted by Gasteiger charge is -2.31. The minimum Gasteiger partial charge on any atom is -0.454 e. The third kappa shape index (κ3) is 4.08. The molecule has 0 spiro atoms. The van der Waals surface area contributed by atoms with Crippen LogP contribution >= 0.6 is 11.3 Å². The van der Waals surface area contributed by atoms with E-state index in [0.717, 1.165) is 16.0 Å². The average molecular weight is 449 g/mol. The summed E-state index contributed by atoms with van der Waals surface area (Å²) in [6.45, 7) is 3.40. The van der Waals surface area contributed by atoms with Gasteiger partial charge in [-0.15, -0.1) is 11.3 Å². The Balaban J connectivity index is 1.20. The van der Waals surface area contributed by atoms with Crippen LogP contribution in [0.15, 0.2) is 53.9 Å². The van der Waals surface area contributed by atoms with Crippen LogP contribution in [-0.4, -0.2) is 36.6 Å². The van der Waals surface area contributed by atoms with E-state index in [2.05, 4.69) is 36.5 Å². The molecule has 2 aromatic carbocycles. The number of anilines is 1. The molecule has 164 valence electrons. The summed E-state index contributed by atoms with van der Waals surface area (Å²) in [7, 11) is 0. The Morgan fingerprint density at radius 2 is 1.75 bits per heavy atom. The van der Waals surface area contributed by atoms with Gasteiger partial charge in [0.1, 0.15) is 0 Å². The van der Waals surface area contributed by atoms with E-state index in [0.29, 0.717) is 43.1 Å². The standard InChI is InChI=1S/C25H24N2O4S/c1-16-2-4-17(5-3-16)20-10-13-32-23(20)25(29)27-11-8-18(9-12-27)24(28)26-19-6-7-21-22(14-19)31-15-30-21/h2-7,10,13-14,18H,8-9,11-12,15H2,1H3,(H,26,28). The number of fused-ring (bicyclic) bond motifs is 1. The van der Waals surface area contributed by atoms with Crippen LogP contribution < -0.4 is 14.8 Å². The van der Waals surface area contributed by atoms with E-state index in [1.54, 1.807) is 12.1 Å². The second-order valence-electron chi connectivity index (χ2n) is 8.15. The van der Waals surface area contributed by atoms with Gasteiger partial charge < -0.3 is 19.7 Å². The number of thiophene rings is 1. The summed E-state index contributed by atoms with van der Waals surface area (Å²) in [6, 6.07) is 15.6. The number of rotatable bonds is 4. The van der Waals surface area contributed by atoms with Crippen LogP contribution in [0, 0.1) is 12.8 Å². The molecule has 3 aromatic rings. The summed E-state index contributed by atoms with van der Waals surface area (Å²) in [4.78, 5) is 28.6. The molecule has 2 aliphatic rings. The topological polar surface area (TPSA) is 67.9 Å².